The van der Waals surface area contributed by atoms with Crippen molar-refractivity contribution in [3.05, 3.63) is 35.7 Å². The van der Waals surface area contributed by atoms with E-state index in [4.69, 9.17) is 16.0 Å². The summed E-state index contributed by atoms with van der Waals surface area (Å²) in [7, 11) is 0. The van der Waals surface area contributed by atoms with Crippen LogP contribution in [-0.4, -0.2) is 16.2 Å². The van der Waals surface area contributed by atoms with Crippen molar-refractivity contribution in [3.8, 4) is 11.4 Å². The smallest absolute Gasteiger partial charge is 0.231 e. The summed E-state index contributed by atoms with van der Waals surface area (Å²) in [5.74, 6) is 2.86. The Morgan fingerprint density at radius 2 is 1.78 bits per heavy atom. The van der Waals surface area contributed by atoms with Crippen LogP contribution in [-0.2, 0) is 6.54 Å². The molecule has 1 aromatic carbocycles. The molecule has 0 radical (unpaired) electrons. The molecule has 5 nitrogen and oxygen atoms in total. The fourth-order valence-electron chi connectivity index (χ4n) is 3.98. The molecule has 4 unspecified atom stereocenters. The van der Waals surface area contributed by atoms with E-state index in [1.54, 1.807) is 0 Å². The molecule has 0 aliphatic heterocycles. The summed E-state index contributed by atoms with van der Waals surface area (Å²) in [4.78, 5) is 4.60. The first-order valence-corrected chi connectivity index (χ1v) is 7.65. The lowest BCUT2D eigenvalue weighted by atomic mass is 9.85. The van der Waals surface area contributed by atoms with Crippen molar-refractivity contribution in [1.29, 1.82) is 0 Å². The van der Waals surface area contributed by atoms with Crippen LogP contribution in [0.15, 0.2) is 28.8 Å². The first-order chi connectivity index (χ1) is 10.3. The van der Waals surface area contributed by atoms with Crippen LogP contribution in [0.5, 0.6) is 0 Å². The maximum absolute atomic E-state index is 6.34. The zero-order chi connectivity index (χ0) is 14.4. The summed E-state index contributed by atoms with van der Waals surface area (Å²) < 4.78 is 5.52. The molecule has 2 aliphatic rings. The minimum atomic E-state index is 0. The van der Waals surface area contributed by atoms with E-state index in [0.29, 0.717) is 30.1 Å². The van der Waals surface area contributed by atoms with Gasteiger partial charge in [-0.3, -0.25) is 0 Å². The highest BCUT2D eigenvalue weighted by Crippen LogP contribution is 2.51. The van der Waals surface area contributed by atoms with Gasteiger partial charge >= 0.3 is 0 Å². The average Bonchev–Trinajstić information content (AvgIpc) is 3.22. The second-order valence-electron chi connectivity index (χ2n) is 6.29. The molecule has 1 aromatic heterocycles. The van der Waals surface area contributed by atoms with Crippen LogP contribution in [0.3, 0.4) is 0 Å². The Morgan fingerprint density at radius 1 is 1.09 bits per heavy atom. The molecule has 2 fully saturated rings. The van der Waals surface area contributed by atoms with Gasteiger partial charge in [0, 0.05) is 18.2 Å². The number of rotatable bonds is 3. The molecular formula is C16H22Cl2N4O. The number of halogens is 2. The van der Waals surface area contributed by atoms with Gasteiger partial charge in [-0.1, -0.05) is 29.4 Å². The van der Waals surface area contributed by atoms with E-state index in [9.17, 15) is 0 Å². The van der Waals surface area contributed by atoms with Gasteiger partial charge in [0.1, 0.15) is 0 Å². The Bertz CT molecular complexity index is 644. The highest BCUT2D eigenvalue weighted by atomic mass is 35.5. The third-order valence-electron chi connectivity index (χ3n) is 5.16. The van der Waals surface area contributed by atoms with Crippen molar-refractivity contribution in [1.82, 2.24) is 10.1 Å². The van der Waals surface area contributed by atoms with E-state index in [0.717, 1.165) is 11.1 Å². The highest BCUT2D eigenvalue weighted by Gasteiger charge is 2.48. The van der Waals surface area contributed by atoms with Gasteiger partial charge in [0.25, 0.3) is 0 Å². The summed E-state index contributed by atoms with van der Waals surface area (Å²) >= 11 is 0. The Morgan fingerprint density at radius 3 is 2.39 bits per heavy atom. The van der Waals surface area contributed by atoms with Gasteiger partial charge in [-0.25, -0.2) is 0 Å². The summed E-state index contributed by atoms with van der Waals surface area (Å²) in [5.41, 5.74) is 14.0. The van der Waals surface area contributed by atoms with Crippen LogP contribution in [0.1, 0.15) is 36.6 Å². The second kappa shape index (κ2) is 7.18. The van der Waals surface area contributed by atoms with E-state index in [1.807, 2.05) is 24.3 Å². The summed E-state index contributed by atoms with van der Waals surface area (Å²) in [6.07, 6.45) is 3.71. The fraction of sp³-hybridized carbons (Fsp3) is 0.500. The Kier molecular flexibility index (Phi) is 5.68. The average molecular weight is 357 g/mol. The summed E-state index contributed by atoms with van der Waals surface area (Å²) in [6, 6.07) is 8.13. The summed E-state index contributed by atoms with van der Waals surface area (Å²) in [5, 5.41) is 4.13. The monoisotopic (exact) mass is 356 g/mol. The molecule has 4 rings (SSSR count). The number of hydrogen-bond donors (Lipinski definition) is 2. The Hall–Kier alpha value is -1.14. The molecule has 0 amide bonds. The van der Waals surface area contributed by atoms with Crippen molar-refractivity contribution in [2.75, 3.05) is 0 Å². The van der Waals surface area contributed by atoms with E-state index < -0.39 is 0 Å². The number of nitrogens with zero attached hydrogens (tertiary/aromatic N) is 2. The lowest BCUT2D eigenvalue weighted by Crippen LogP contribution is -2.34. The van der Waals surface area contributed by atoms with Crippen molar-refractivity contribution < 1.29 is 4.52 Å². The van der Waals surface area contributed by atoms with Gasteiger partial charge in [0.2, 0.25) is 11.7 Å². The number of nitrogens with two attached hydrogens (primary N) is 2. The van der Waals surface area contributed by atoms with Crippen LogP contribution in [0.25, 0.3) is 11.4 Å². The van der Waals surface area contributed by atoms with Crippen molar-refractivity contribution in [3.63, 3.8) is 0 Å². The maximum Gasteiger partial charge on any atom is 0.231 e. The Balaban J connectivity index is 0.000000960. The highest BCUT2D eigenvalue weighted by molar-refractivity contribution is 5.85. The number of benzene rings is 1. The van der Waals surface area contributed by atoms with E-state index in [-0.39, 0.29) is 36.8 Å². The molecule has 0 saturated heterocycles. The van der Waals surface area contributed by atoms with Crippen molar-refractivity contribution >= 4 is 24.8 Å². The van der Waals surface area contributed by atoms with Crippen LogP contribution < -0.4 is 11.5 Å². The largest absolute Gasteiger partial charge is 0.339 e. The predicted octanol–water partition coefficient (Wildman–Crippen LogP) is 2.88. The van der Waals surface area contributed by atoms with E-state index in [1.165, 1.54) is 19.3 Å². The lowest BCUT2D eigenvalue weighted by molar-refractivity contribution is 0.279. The van der Waals surface area contributed by atoms with Crippen LogP contribution in [0, 0.1) is 11.8 Å². The quantitative estimate of drug-likeness (QED) is 0.881. The lowest BCUT2D eigenvalue weighted by Gasteiger charge is -2.24. The molecule has 2 aromatic rings. The van der Waals surface area contributed by atoms with Gasteiger partial charge in [0.15, 0.2) is 0 Å². The standard InChI is InChI=1S/C16H20N4O.2ClH/c17-8-9-1-3-10(4-2-9)15-19-16(21-20-15)13-11-5-6-12(7-11)14(13)18;;/h1-4,11-14H,5-8,17-18H2;2*1H. The van der Waals surface area contributed by atoms with Gasteiger partial charge in [0.05, 0.1) is 5.92 Å². The third-order valence-corrected chi connectivity index (χ3v) is 5.16. The minimum Gasteiger partial charge on any atom is -0.339 e. The predicted molar refractivity (Wildman–Crippen MR) is 93.7 cm³/mol. The molecule has 4 N–H and O–H groups in total. The maximum atomic E-state index is 6.34. The second-order valence-corrected chi connectivity index (χ2v) is 6.29. The van der Waals surface area contributed by atoms with Gasteiger partial charge in [-0.05, 0) is 36.7 Å². The van der Waals surface area contributed by atoms with Gasteiger partial charge in [-0.2, -0.15) is 4.98 Å². The van der Waals surface area contributed by atoms with Crippen molar-refractivity contribution in [2.24, 2.45) is 23.3 Å². The number of fused-ring (bicyclic) bond motifs is 2. The van der Waals surface area contributed by atoms with Crippen LogP contribution in [0.2, 0.25) is 0 Å². The normalized spacial score (nSPS) is 28.3. The zero-order valence-corrected chi connectivity index (χ0v) is 14.4. The van der Waals surface area contributed by atoms with Crippen LogP contribution in [0.4, 0.5) is 0 Å². The van der Waals surface area contributed by atoms with Gasteiger partial charge < -0.3 is 16.0 Å². The molecule has 4 atom stereocenters. The van der Waals surface area contributed by atoms with E-state index >= 15 is 0 Å². The molecule has 1 heterocycles. The topological polar surface area (TPSA) is 91.0 Å². The zero-order valence-electron chi connectivity index (χ0n) is 12.7. The molecule has 2 saturated carbocycles. The third kappa shape index (κ3) is 3.11. The first-order valence-electron chi connectivity index (χ1n) is 7.65. The fourth-order valence-corrected chi connectivity index (χ4v) is 3.98. The molecule has 2 aliphatic carbocycles. The van der Waals surface area contributed by atoms with Gasteiger partial charge in [-0.15, -0.1) is 24.8 Å². The molecule has 23 heavy (non-hydrogen) atoms. The first kappa shape index (κ1) is 18.2. The number of hydrogen-bond acceptors (Lipinski definition) is 5. The minimum absolute atomic E-state index is 0. The SMILES string of the molecule is Cl.Cl.NCc1ccc(-c2noc(C3C4CCC(C4)C3N)n2)cc1. The molecular weight excluding hydrogens is 335 g/mol. The van der Waals surface area contributed by atoms with E-state index in [2.05, 4.69) is 10.1 Å². The summed E-state index contributed by atoms with van der Waals surface area (Å²) in [6.45, 7) is 0.539. The molecule has 2 bridgehead atoms. The molecule has 7 heteroatoms. The molecule has 126 valence electrons. The van der Waals surface area contributed by atoms with Crippen molar-refractivity contribution in [2.45, 2.75) is 37.8 Å². The van der Waals surface area contributed by atoms with Crippen LogP contribution >= 0.6 is 24.8 Å². The number of aromatic nitrogens is 2. The Labute approximate surface area is 148 Å². The molecule has 0 spiro atoms.